The molecule has 5 heteroatoms. The molecular weight excluding hydrogens is 194 g/mol. The number of nitrogens with two attached hydrogens (primary N) is 1. The first kappa shape index (κ1) is 11.0. The topological polar surface area (TPSA) is 84.2 Å². The normalized spacial score (nSPS) is 9.40. The van der Waals surface area contributed by atoms with E-state index in [-0.39, 0.29) is 6.54 Å². The molecule has 0 fully saturated rings. The van der Waals surface area contributed by atoms with Gasteiger partial charge in [-0.1, -0.05) is 17.7 Å². The zero-order valence-corrected chi connectivity index (χ0v) is 8.41. The van der Waals surface area contributed by atoms with Crippen LogP contribution >= 0.6 is 0 Å². The third kappa shape index (κ3) is 4.12. The van der Waals surface area contributed by atoms with E-state index in [1.54, 1.807) is 0 Å². The summed E-state index contributed by atoms with van der Waals surface area (Å²) in [5, 5.41) is 4.82. The number of hydrogen-bond acceptors (Lipinski definition) is 3. The van der Waals surface area contributed by atoms with Crippen molar-refractivity contribution in [1.82, 2.24) is 5.32 Å². The Morgan fingerprint density at radius 3 is 2.40 bits per heavy atom. The number of benzene rings is 1. The molecule has 0 aliphatic carbocycles. The third-order valence-corrected chi connectivity index (χ3v) is 1.77. The van der Waals surface area contributed by atoms with Crippen LogP contribution in [0.2, 0.25) is 0 Å². The van der Waals surface area contributed by atoms with Crippen LogP contribution < -0.4 is 16.4 Å². The fourth-order valence-electron chi connectivity index (χ4n) is 1.04. The lowest BCUT2D eigenvalue weighted by molar-refractivity contribution is -0.118. The van der Waals surface area contributed by atoms with E-state index < -0.39 is 11.9 Å². The molecule has 1 rings (SSSR count). The summed E-state index contributed by atoms with van der Waals surface area (Å²) >= 11 is 0. The summed E-state index contributed by atoms with van der Waals surface area (Å²) in [6, 6.07) is 6.72. The Morgan fingerprint density at radius 1 is 1.27 bits per heavy atom. The molecule has 4 N–H and O–H groups in total. The molecule has 0 spiro atoms. The van der Waals surface area contributed by atoms with Crippen LogP contribution in [-0.4, -0.2) is 18.5 Å². The molecule has 1 aromatic rings. The maximum absolute atomic E-state index is 11.0. The quantitative estimate of drug-likeness (QED) is 0.678. The number of carbonyl (C=O) groups is 2. The van der Waals surface area contributed by atoms with Gasteiger partial charge in [0.25, 0.3) is 0 Å². The molecule has 0 unspecified atom stereocenters. The van der Waals surface area contributed by atoms with E-state index in [0.29, 0.717) is 0 Å². The van der Waals surface area contributed by atoms with E-state index in [4.69, 9.17) is 5.73 Å². The number of amides is 3. The lowest BCUT2D eigenvalue weighted by Crippen LogP contribution is -2.38. The highest BCUT2D eigenvalue weighted by Gasteiger charge is 2.02. The first-order valence-corrected chi connectivity index (χ1v) is 4.48. The zero-order chi connectivity index (χ0) is 11.3. The second-order valence-corrected chi connectivity index (χ2v) is 3.13. The molecule has 15 heavy (non-hydrogen) atoms. The first-order chi connectivity index (χ1) is 7.08. The van der Waals surface area contributed by atoms with Gasteiger partial charge in [0.05, 0.1) is 6.54 Å². The van der Waals surface area contributed by atoms with Crippen LogP contribution in [0.4, 0.5) is 10.5 Å². The summed E-state index contributed by atoms with van der Waals surface area (Å²) in [6.07, 6.45) is 0. The van der Waals surface area contributed by atoms with Gasteiger partial charge in [0.15, 0.2) is 0 Å². The van der Waals surface area contributed by atoms with E-state index in [1.807, 2.05) is 36.5 Å². The summed E-state index contributed by atoms with van der Waals surface area (Å²) in [4.78, 5) is 21.3. The molecule has 0 aliphatic rings. The summed E-state index contributed by atoms with van der Waals surface area (Å²) in [5.41, 5.74) is 6.74. The molecule has 80 valence electrons. The molecule has 1 aromatic carbocycles. The molecule has 0 radical (unpaired) electrons. The molecule has 0 saturated heterocycles. The number of carbonyl (C=O) groups excluding carboxylic acids is 2. The van der Waals surface area contributed by atoms with Gasteiger partial charge >= 0.3 is 6.03 Å². The van der Waals surface area contributed by atoms with Crippen molar-refractivity contribution in [3.63, 3.8) is 0 Å². The van der Waals surface area contributed by atoms with E-state index >= 15 is 0 Å². The van der Waals surface area contributed by atoms with Gasteiger partial charge < -0.3 is 11.1 Å². The molecule has 5 nitrogen and oxygen atoms in total. The van der Waals surface area contributed by atoms with Crippen LogP contribution in [0.25, 0.3) is 0 Å². The summed E-state index contributed by atoms with van der Waals surface area (Å²) in [7, 11) is 0. The average Bonchev–Trinajstić information content (AvgIpc) is 2.16. The van der Waals surface area contributed by atoms with Crippen LogP contribution in [0.1, 0.15) is 5.56 Å². The van der Waals surface area contributed by atoms with Crippen molar-refractivity contribution < 1.29 is 9.59 Å². The largest absolute Gasteiger partial charge is 0.376 e. The van der Waals surface area contributed by atoms with Gasteiger partial charge in [0.1, 0.15) is 0 Å². The van der Waals surface area contributed by atoms with Crippen LogP contribution in [0, 0.1) is 6.92 Å². The molecule has 0 aromatic heterocycles. The summed E-state index contributed by atoms with van der Waals surface area (Å²) in [6.45, 7) is 2.00. The van der Waals surface area contributed by atoms with E-state index in [2.05, 4.69) is 5.32 Å². The van der Waals surface area contributed by atoms with Crippen molar-refractivity contribution in [2.45, 2.75) is 6.92 Å². The number of rotatable bonds is 3. The van der Waals surface area contributed by atoms with Gasteiger partial charge in [0, 0.05) is 5.69 Å². The minimum Gasteiger partial charge on any atom is -0.376 e. The van der Waals surface area contributed by atoms with E-state index in [1.165, 1.54) is 0 Å². The predicted molar refractivity (Wildman–Crippen MR) is 57.4 cm³/mol. The highest BCUT2D eigenvalue weighted by molar-refractivity contribution is 5.95. The highest BCUT2D eigenvalue weighted by Crippen LogP contribution is 2.07. The molecular formula is C10H13N3O2. The predicted octanol–water partition coefficient (Wildman–Crippen LogP) is 0.602. The molecule has 0 bridgehead atoms. The standard InChI is InChI=1S/C10H13N3O2/c1-7-2-4-8(5-3-7)12-6-9(14)13-10(11)15/h2-5,12H,6H2,1H3,(H3,11,13,14,15). The van der Waals surface area contributed by atoms with E-state index in [0.717, 1.165) is 11.3 Å². The van der Waals surface area contributed by atoms with Gasteiger partial charge in [-0.25, -0.2) is 4.79 Å². The summed E-state index contributed by atoms with van der Waals surface area (Å²) in [5.74, 6) is -0.455. The smallest absolute Gasteiger partial charge is 0.318 e. The monoisotopic (exact) mass is 207 g/mol. The molecule has 0 aliphatic heterocycles. The van der Waals surface area contributed by atoms with Crippen LogP contribution in [0.5, 0.6) is 0 Å². The lowest BCUT2D eigenvalue weighted by atomic mass is 10.2. The van der Waals surface area contributed by atoms with Crippen LogP contribution in [-0.2, 0) is 4.79 Å². The summed E-state index contributed by atoms with van der Waals surface area (Å²) < 4.78 is 0. The number of primary amides is 1. The number of urea groups is 1. The van der Waals surface area contributed by atoms with Gasteiger partial charge in [-0.2, -0.15) is 0 Å². The molecule has 0 heterocycles. The number of imide groups is 1. The molecule has 3 amide bonds. The Kier molecular flexibility index (Phi) is 3.68. The molecule has 0 saturated carbocycles. The van der Waals surface area contributed by atoms with E-state index in [9.17, 15) is 9.59 Å². The number of hydrogen-bond donors (Lipinski definition) is 3. The Labute approximate surface area is 87.7 Å². The van der Waals surface area contributed by atoms with Crippen molar-refractivity contribution in [2.75, 3.05) is 11.9 Å². The van der Waals surface area contributed by atoms with Crippen molar-refractivity contribution in [2.24, 2.45) is 5.73 Å². The van der Waals surface area contributed by atoms with Gasteiger partial charge in [0.2, 0.25) is 5.91 Å². The third-order valence-electron chi connectivity index (χ3n) is 1.77. The van der Waals surface area contributed by atoms with Gasteiger partial charge in [-0.15, -0.1) is 0 Å². The van der Waals surface area contributed by atoms with Gasteiger partial charge in [-0.05, 0) is 19.1 Å². The number of anilines is 1. The second kappa shape index (κ2) is 4.99. The first-order valence-electron chi connectivity index (χ1n) is 4.48. The fraction of sp³-hybridized carbons (Fsp3) is 0.200. The van der Waals surface area contributed by atoms with Crippen molar-refractivity contribution in [3.05, 3.63) is 29.8 Å². The van der Waals surface area contributed by atoms with Crippen molar-refractivity contribution in [1.29, 1.82) is 0 Å². The highest BCUT2D eigenvalue weighted by atomic mass is 16.2. The Balaban J connectivity index is 2.40. The Hall–Kier alpha value is -2.04. The average molecular weight is 207 g/mol. The van der Waals surface area contributed by atoms with Crippen LogP contribution in [0.15, 0.2) is 24.3 Å². The Morgan fingerprint density at radius 2 is 1.87 bits per heavy atom. The number of nitrogens with one attached hydrogen (secondary N) is 2. The second-order valence-electron chi connectivity index (χ2n) is 3.13. The molecule has 0 atom stereocenters. The van der Waals surface area contributed by atoms with Gasteiger partial charge in [-0.3, -0.25) is 10.1 Å². The SMILES string of the molecule is Cc1ccc(NCC(=O)NC(N)=O)cc1. The maximum Gasteiger partial charge on any atom is 0.318 e. The van der Waals surface area contributed by atoms with Crippen molar-refractivity contribution >= 4 is 17.6 Å². The minimum atomic E-state index is -0.842. The number of aryl methyl sites for hydroxylation is 1. The lowest BCUT2D eigenvalue weighted by Gasteiger charge is -2.05. The zero-order valence-electron chi connectivity index (χ0n) is 8.41. The maximum atomic E-state index is 11.0. The van der Waals surface area contributed by atoms with Crippen molar-refractivity contribution in [3.8, 4) is 0 Å². The fourth-order valence-corrected chi connectivity index (χ4v) is 1.04. The minimum absolute atomic E-state index is 0.0198. The Bertz CT molecular complexity index is 359. The van der Waals surface area contributed by atoms with Crippen LogP contribution in [0.3, 0.4) is 0 Å².